The molecule has 0 aromatic rings. The number of nitrogens with one attached hydrogen (secondary N) is 1. The highest BCUT2D eigenvalue weighted by Crippen LogP contribution is 1.34. The van der Waals surface area contributed by atoms with E-state index in [0.29, 0.717) is 0 Å². The second-order valence-corrected chi connectivity index (χ2v) is 0.440. The molecule has 48 valence electrons. The molecule has 0 unspecified atom stereocenters. The van der Waals surface area contributed by atoms with Crippen LogP contribution < -0.4 is 5.73 Å². The minimum Gasteiger partial charge on any atom is -0.465 e. The number of hydrogen-bond donors (Lipinski definition) is 3. The third-order valence-corrected chi connectivity index (χ3v) is 0. The zero-order valence-electron chi connectivity index (χ0n) is 3.75. The summed E-state index contributed by atoms with van der Waals surface area (Å²) in [5.41, 5.74) is 4.03. The number of carbonyl (C=O) groups excluding carboxylic acids is 1. The number of primary amides is 1. The molecule has 6 heteroatoms. The van der Waals surface area contributed by atoms with E-state index in [1.807, 2.05) is 0 Å². The monoisotopic (exact) mass is 140 g/mol. The number of rotatable bonds is 0. The minimum absolute atomic E-state index is 0. The topological polar surface area (TPSA) is 104 Å². The Balaban J connectivity index is -0.0000000575. The van der Waals surface area contributed by atoms with Crippen molar-refractivity contribution in [1.82, 2.24) is 0 Å². The van der Waals surface area contributed by atoms with Crippen LogP contribution in [0.25, 0.3) is 0 Å². The van der Waals surface area contributed by atoms with Crippen LogP contribution in [0, 0.1) is 5.41 Å². The van der Waals surface area contributed by atoms with Crippen molar-refractivity contribution < 1.29 is 14.7 Å². The van der Waals surface area contributed by atoms with Gasteiger partial charge in [-0.3, -0.25) is 0 Å². The maximum atomic E-state index is 8.78. The van der Waals surface area contributed by atoms with E-state index in [1.54, 1.807) is 0 Å². The van der Waals surface area contributed by atoms with E-state index in [0.717, 1.165) is 6.08 Å². The molecule has 5 nitrogen and oxygen atoms in total. The largest absolute Gasteiger partial charge is 0.465 e. The average Bonchev–Trinajstić information content (AvgIpc) is 1.33. The van der Waals surface area contributed by atoms with Crippen molar-refractivity contribution in [1.29, 1.82) is 5.41 Å². The van der Waals surface area contributed by atoms with E-state index in [1.165, 1.54) is 0 Å². The van der Waals surface area contributed by atoms with Crippen molar-refractivity contribution in [2.75, 3.05) is 0 Å². The van der Waals surface area contributed by atoms with Crippen molar-refractivity contribution in [3.8, 4) is 0 Å². The van der Waals surface area contributed by atoms with Crippen molar-refractivity contribution in [2.24, 2.45) is 5.73 Å². The first-order valence-electron chi connectivity index (χ1n) is 1.17. The van der Waals surface area contributed by atoms with Crippen LogP contribution in [0.15, 0.2) is 0 Å². The van der Waals surface area contributed by atoms with Gasteiger partial charge in [-0.2, -0.15) is 0 Å². The molecule has 0 bridgehead atoms. The fourth-order valence-electron chi connectivity index (χ4n) is 0. The van der Waals surface area contributed by atoms with Crippen LogP contribution in [0.5, 0.6) is 0 Å². The third-order valence-electron chi connectivity index (χ3n) is 0. The van der Waals surface area contributed by atoms with Gasteiger partial charge in [-0.1, -0.05) is 0 Å². The number of nitrogens with two attached hydrogens (primary N) is 1. The molecule has 0 saturated heterocycles. The van der Waals surface area contributed by atoms with Gasteiger partial charge in [-0.05, 0) is 0 Å². The number of halogens is 1. The molecule has 0 fully saturated rings. The molecule has 0 aliphatic heterocycles. The number of carbonyl (C=O) groups is 1. The molecule has 0 aromatic carbocycles. The van der Waals surface area contributed by atoms with Gasteiger partial charge < -0.3 is 10.8 Å². The Morgan fingerprint density at radius 2 is 1.75 bits per heavy atom. The van der Waals surface area contributed by atoms with Gasteiger partial charge in [0.2, 0.25) is 6.08 Å². The van der Waals surface area contributed by atoms with Gasteiger partial charge in [0.15, 0.2) is 0 Å². The lowest BCUT2D eigenvalue weighted by Gasteiger charge is -1.61. The molecule has 0 aliphatic carbocycles. The first-order valence-corrected chi connectivity index (χ1v) is 1.17. The highest BCUT2D eigenvalue weighted by atomic mass is 35.5. The molecule has 0 atom stereocenters. The highest BCUT2D eigenvalue weighted by Gasteiger charge is 1.65. The molecule has 0 radical (unpaired) electrons. The fraction of sp³-hybridized carbons (Fsp3) is 0. The number of amides is 1. The lowest BCUT2D eigenvalue weighted by Crippen LogP contribution is -2.03. The Morgan fingerprint density at radius 1 is 1.75 bits per heavy atom. The smallest absolute Gasteiger partial charge is 0.402 e. The maximum Gasteiger partial charge on any atom is 0.402 e. The van der Waals surface area contributed by atoms with Gasteiger partial charge in [0, 0.05) is 0 Å². The molecule has 8 heavy (non-hydrogen) atoms. The summed E-state index contributed by atoms with van der Waals surface area (Å²) in [4.78, 5) is 17.1. The molecule has 0 spiro atoms. The third kappa shape index (κ3) is 68.3. The van der Waals surface area contributed by atoms with Gasteiger partial charge >= 0.3 is 6.09 Å². The molecule has 0 rings (SSSR count). The Hall–Kier alpha value is -1.06. The molecular weight excluding hydrogens is 135 g/mol. The Kier molecular flexibility index (Phi) is 33.1. The molecule has 0 heterocycles. The maximum absolute atomic E-state index is 8.78. The standard InChI is InChI=1S/CH3NO2.CHNO.ClH/c2-1(3)4;2-1-3;/h2H2,(H,3,4);2H;1H. The van der Waals surface area contributed by atoms with Gasteiger partial charge in [-0.25, -0.2) is 15.0 Å². The summed E-state index contributed by atoms with van der Waals surface area (Å²) in [6.07, 6.45) is -0.583. The van der Waals surface area contributed by atoms with Crippen molar-refractivity contribution in [2.45, 2.75) is 0 Å². The Morgan fingerprint density at radius 3 is 1.75 bits per heavy atom. The van der Waals surface area contributed by atoms with E-state index in [-0.39, 0.29) is 12.4 Å². The van der Waals surface area contributed by atoms with Crippen molar-refractivity contribution >= 4 is 24.6 Å². The molecule has 0 saturated carbocycles. The van der Waals surface area contributed by atoms with E-state index in [2.05, 4.69) is 5.73 Å². The molecule has 4 N–H and O–H groups in total. The van der Waals surface area contributed by atoms with Crippen LogP contribution in [-0.2, 0) is 4.79 Å². The lowest BCUT2D eigenvalue weighted by molar-refractivity contribution is 0.205. The normalized spacial score (nSPS) is 4.00. The van der Waals surface area contributed by atoms with Crippen LogP contribution in [0.1, 0.15) is 0 Å². The van der Waals surface area contributed by atoms with E-state index in [9.17, 15) is 0 Å². The summed E-state index contributed by atoms with van der Waals surface area (Å²) in [5.74, 6) is 0. The van der Waals surface area contributed by atoms with Gasteiger partial charge in [0.25, 0.3) is 0 Å². The number of carboxylic acid groups (broad SMARTS) is 1. The van der Waals surface area contributed by atoms with Crippen LogP contribution in [0.2, 0.25) is 0 Å². The lowest BCUT2D eigenvalue weighted by atomic mass is 11.3. The summed E-state index contributed by atoms with van der Waals surface area (Å²) >= 11 is 0. The number of isocyanates is 1. The minimum atomic E-state index is -1.33. The Labute approximate surface area is 51.4 Å². The highest BCUT2D eigenvalue weighted by molar-refractivity contribution is 5.85. The first-order chi connectivity index (χ1) is 3.15. The summed E-state index contributed by atoms with van der Waals surface area (Å²) in [5, 5.41) is 12.6. The zero-order chi connectivity index (χ0) is 6.28. The summed E-state index contributed by atoms with van der Waals surface area (Å²) < 4.78 is 0. The molecule has 0 aliphatic rings. The van der Waals surface area contributed by atoms with E-state index >= 15 is 0 Å². The fourth-order valence-corrected chi connectivity index (χ4v) is 0. The predicted octanol–water partition coefficient (Wildman–Crippen LogP) is -0.0541. The van der Waals surface area contributed by atoms with Gasteiger partial charge in [0.1, 0.15) is 0 Å². The van der Waals surface area contributed by atoms with Gasteiger partial charge in [-0.15, -0.1) is 12.4 Å². The van der Waals surface area contributed by atoms with E-state index < -0.39 is 6.09 Å². The molecule has 1 amide bonds. The van der Waals surface area contributed by atoms with Crippen LogP contribution >= 0.6 is 12.4 Å². The molecular formula is C2H5ClN2O3. The van der Waals surface area contributed by atoms with Crippen LogP contribution in [-0.4, -0.2) is 17.3 Å². The second-order valence-electron chi connectivity index (χ2n) is 0.440. The second kappa shape index (κ2) is 16.8. The zero-order valence-corrected chi connectivity index (χ0v) is 4.57. The van der Waals surface area contributed by atoms with Crippen LogP contribution in [0.4, 0.5) is 4.79 Å². The number of hydrogen-bond acceptors (Lipinski definition) is 3. The summed E-state index contributed by atoms with van der Waals surface area (Å²) in [6, 6.07) is 0. The van der Waals surface area contributed by atoms with Gasteiger partial charge in [0.05, 0.1) is 0 Å². The SMILES string of the molecule is Cl.N=C=O.NC(=O)O. The Bertz CT molecular complexity index is 83.3. The van der Waals surface area contributed by atoms with Crippen LogP contribution in [0.3, 0.4) is 0 Å². The summed E-state index contributed by atoms with van der Waals surface area (Å²) in [7, 11) is 0. The van der Waals surface area contributed by atoms with E-state index in [4.69, 9.17) is 20.1 Å². The van der Waals surface area contributed by atoms with Crippen molar-refractivity contribution in [3.05, 3.63) is 0 Å². The molecule has 0 aromatic heterocycles. The van der Waals surface area contributed by atoms with Crippen molar-refractivity contribution in [3.63, 3.8) is 0 Å². The first kappa shape index (κ1) is 15.8. The predicted molar refractivity (Wildman–Crippen MR) is 27.9 cm³/mol. The quantitative estimate of drug-likeness (QED) is 0.324. The summed E-state index contributed by atoms with van der Waals surface area (Å²) in [6.45, 7) is 0. The average molecular weight is 141 g/mol.